The lowest BCUT2D eigenvalue weighted by Gasteiger charge is -2.15. The topological polar surface area (TPSA) is 62.5 Å². The van der Waals surface area contributed by atoms with Gasteiger partial charge in [0.2, 0.25) is 0 Å². The van der Waals surface area contributed by atoms with Crippen LogP contribution in [0.25, 0.3) is 0 Å². The van der Waals surface area contributed by atoms with Crippen LogP contribution in [0.5, 0.6) is 0 Å². The summed E-state index contributed by atoms with van der Waals surface area (Å²) in [5.74, 6) is 0.310. The number of carbonyl (C=O) groups is 1. The lowest BCUT2D eigenvalue weighted by Crippen LogP contribution is -2.28. The third-order valence-corrected chi connectivity index (χ3v) is 5.72. The Balaban J connectivity index is 1.67. The molecule has 5 heteroatoms. The van der Waals surface area contributed by atoms with Crippen molar-refractivity contribution in [2.24, 2.45) is 0 Å². The summed E-state index contributed by atoms with van der Waals surface area (Å²) >= 11 is 1.81. The summed E-state index contributed by atoms with van der Waals surface area (Å²) in [6.45, 7) is 2.12. The number of nitrogens with one attached hydrogen (secondary N) is 1. The minimum atomic E-state index is -0.834. The first-order chi connectivity index (χ1) is 11.6. The molecule has 1 aromatic carbocycles. The van der Waals surface area contributed by atoms with E-state index in [2.05, 4.69) is 5.32 Å². The van der Waals surface area contributed by atoms with E-state index in [4.69, 9.17) is 4.42 Å². The molecule has 1 heterocycles. The van der Waals surface area contributed by atoms with Crippen molar-refractivity contribution in [3.05, 3.63) is 53.5 Å². The van der Waals surface area contributed by atoms with Crippen molar-refractivity contribution < 1.29 is 14.3 Å². The molecular formula is C19H23NO3S. The normalized spacial score (nSPS) is 16.2. The molecule has 128 valence electrons. The molecule has 0 spiro atoms. The number of furan rings is 1. The van der Waals surface area contributed by atoms with E-state index in [0.29, 0.717) is 16.6 Å². The number of hydrogen-bond donors (Lipinski definition) is 2. The number of benzene rings is 1. The van der Waals surface area contributed by atoms with Gasteiger partial charge in [0.05, 0.1) is 18.4 Å². The quantitative estimate of drug-likeness (QED) is 0.828. The second kappa shape index (κ2) is 7.90. The summed E-state index contributed by atoms with van der Waals surface area (Å²) in [7, 11) is 0. The predicted octanol–water partition coefficient (Wildman–Crippen LogP) is 4.09. The Kier molecular flexibility index (Phi) is 5.63. The molecule has 0 bridgehead atoms. The van der Waals surface area contributed by atoms with Crippen molar-refractivity contribution >= 4 is 17.7 Å². The lowest BCUT2D eigenvalue weighted by molar-refractivity contribution is 0.0898. The molecule has 24 heavy (non-hydrogen) atoms. The molecular weight excluding hydrogens is 322 g/mol. The van der Waals surface area contributed by atoms with Gasteiger partial charge in [-0.2, -0.15) is 0 Å². The van der Waals surface area contributed by atoms with Crippen LogP contribution in [0.1, 0.15) is 53.5 Å². The van der Waals surface area contributed by atoms with Crippen molar-refractivity contribution in [2.75, 3.05) is 6.54 Å². The van der Waals surface area contributed by atoms with Crippen LogP contribution in [-0.2, 0) is 0 Å². The Bertz CT molecular complexity index is 678. The molecule has 1 aromatic heterocycles. The van der Waals surface area contributed by atoms with Gasteiger partial charge >= 0.3 is 0 Å². The fraction of sp³-hybridized carbons (Fsp3) is 0.421. The highest BCUT2D eigenvalue weighted by Gasteiger charge is 2.20. The van der Waals surface area contributed by atoms with E-state index in [9.17, 15) is 9.90 Å². The number of amides is 1. The Morgan fingerprint density at radius 3 is 2.88 bits per heavy atom. The second-order valence-corrected chi connectivity index (χ2v) is 7.61. The summed E-state index contributed by atoms with van der Waals surface area (Å²) in [4.78, 5) is 13.6. The molecule has 0 saturated heterocycles. The second-order valence-electron chi connectivity index (χ2n) is 6.27. The van der Waals surface area contributed by atoms with Crippen molar-refractivity contribution in [2.45, 2.75) is 48.9 Å². The molecule has 1 aliphatic rings. The standard InChI is InChI=1S/C19H23NO3S/c1-13-8-9-18(24-14-5-2-3-6-14)15(11-13)19(22)20-12-16(21)17-7-4-10-23-17/h4,7-11,14,16,21H,2-3,5-6,12H2,1H3,(H,20,22). The van der Waals surface area contributed by atoms with Crippen LogP contribution in [0, 0.1) is 6.92 Å². The van der Waals surface area contributed by atoms with Crippen LogP contribution in [-0.4, -0.2) is 22.8 Å². The average molecular weight is 345 g/mol. The monoisotopic (exact) mass is 345 g/mol. The fourth-order valence-corrected chi connectivity index (χ4v) is 4.33. The van der Waals surface area contributed by atoms with Gasteiger partial charge in [0.25, 0.3) is 5.91 Å². The van der Waals surface area contributed by atoms with Gasteiger partial charge in [0, 0.05) is 10.1 Å². The molecule has 1 saturated carbocycles. The Labute approximate surface area is 146 Å². The van der Waals surface area contributed by atoms with Gasteiger partial charge in [-0.3, -0.25) is 4.79 Å². The zero-order valence-corrected chi connectivity index (χ0v) is 14.6. The summed E-state index contributed by atoms with van der Waals surface area (Å²) in [5.41, 5.74) is 1.75. The Morgan fingerprint density at radius 2 is 2.17 bits per heavy atom. The molecule has 0 radical (unpaired) electrons. The third kappa shape index (κ3) is 4.22. The maximum absolute atomic E-state index is 12.6. The largest absolute Gasteiger partial charge is 0.467 e. The van der Waals surface area contributed by atoms with Crippen LogP contribution >= 0.6 is 11.8 Å². The minimum absolute atomic E-state index is 0.133. The van der Waals surface area contributed by atoms with Gasteiger partial charge < -0.3 is 14.8 Å². The molecule has 1 amide bonds. The Hall–Kier alpha value is -1.72. The van der Waals surface area contributed by atoms with E-state index in [-0.39, 0.29) is 12.5 Å². The average Bonchev–Trinajstić information content (AvgIpc) is 3.27. The Morgan fingerprint density at radius 1 is 1.38 bits per heavy atom. The molecule has 2 aromatic rings. The molecule has 3 rings (SSSR count). The summed E-state index contributed by atoms with van der Waals surface area (Å²) < 4.78 is 5.16. The first-order valence-corrected chi connectivity index (χ1v) is 9.28. The zero-order valence-electron chi connectivity index (χ0n) is 13.8. The number of hydrogen-bond acceptors (Lipinski definition) is 4. The van der Waals surface area contributed by atoms with Crippen LogP contribution < -0.4 is 5.32 Å². The van der Waals surface area contributed by atoms with Crippen molar-refractivity contribution in [1.82, 2.24) is 5.32 Å². The van der Waals surface area contributed by atoms with E-state index >= 15 is 0 Å². The predicted molar refractivity (Wildman–Crippen MR) is 95.3 cm³/mol. The first-order valence-electron chi connectivity index (χ1n) is 8.40. The lowest BCUT2D eigenvalue weighted by atomic mass is 10.1. The number of carbonyl (C=O) groups excluding carboxylic acids is 1. The van der Waals surface area contributed by atoms with Crippen LogP contribution in [0.3, 0.4) is 0 Å². The number of aryl methyl sites for hydroxylation is 1. The zero-order chi connectivity index (χ0) is 16.9. The van der Waals surface area contributed by atoms with E-state index in [0.717, 1.165) is 10.5 Å². The van der Waals surface area contributed by atoms with Gasteiger partial charge in [-0.1, -0.05) is 24.5 Å². The highest BCUT2D eigenvalue weighted by Crippen LogP contribution is 2.36. The van der Waals surface area contributed by atoms with Gasteiger partial charge in [0.15, 0.2) is 0 Å². The molecule has 4 nitrogen and oxygen atoms in total. The number of rotatable bonds is 6. The van der Waals surface area contributed by atoms with E-state index < -0.39 is 6.10 Å². The van der Waals surface area contributed by atoms with Gasteiger partial charge in [-0.15, -0.1) is 11.8 Å². The summed E-state index contributed by atoms with van der Waals surface area (Å²) in [6, 6.07) is 9.43. The van der Waals surface area contributed by atoms with Crippen molar-refractivity contribution in [1.29, 1.82) is 0 Å². The van der Waals surface area contributed by atoms with E-state index in [1.165, 1.54) is 31.9 Å². The van der Waals surface area contributed by atoms with E-state index in [1.807, 2.05) is 25.1 Å². The highest BCUT2D eigenvalue weighted by molar-refractivity contribution is 8.00. The number of thioether (sulfide) groups is 1. The van der Waals surface area contributed by atoms with Crippen LogP contribution in [0.4, 0.5) is 0 Å². The van der Waals surface area contributed by atoms with Gasteiger partial charge in [0.1, 0.15) is 11.9 Å². The third-order valence-electron chi connectivity index (χ3n) is 4.30. The smallest absolute Gasteiger partial charge is 0.252 e. The number of aliphatic hydroxyl groups excluding tert-OH is 1. The maximum Gasteiger partial charge on any atom is 0.252 e. The molecule has 1 aliphatic carbocycles. The maximum atomic E-state index is 12.6. The van der Waals surface area contributed by atoms with Crippen molar-refractivity contribution in [3.63, 3.8) is 0 Å². The van der Waals surface area contributed by atoms with Gasteiger partial charge in [-0.25, -0.2) is 0 Å². The van der Waals surface area contributed by atoms with E-state index in [1.54, 1.807) is 23.9 Å². The fourth-order valence-electron chi connectivity index (χ4n) is 2.98. The molecule has 1 unspecified atom stereocenters. The number of aliphatic hydroxyl groups is 1. The summed E-state index contributed by atoms with van der Waals surface area (Å²) in [6.07, 6.45) is 5.67. The van der Waals surface area contributed by atoms with Crippen LogP contribution in [0.15, 0.2) is 45.9 Å². The van der Waals surface area contributed by atoms with Crippen molar-refractivity contribution in [3.8, 4) is 0 Å². The SMILES string of the molecule is Cc1ccc(SC2CCCC2)c(C(=O)NCC(O)c2ccco2)c1. The van der Waals surface area contributed by atoms with Gasteiger partial charge in [-0.05, 0) is 44.0 Å². The molecule has 1 fully saturated rings. The highest BCUT2D eigenvalue weighted by atomic mass is 32.2. The molecule has 0 aliphatic heterocycles. The van der Waals surface area contributed by atoms with Crippen LogP contribution in [0.2, 0.25) is 0 Å². The molecule has 1 atom stereocenters. The minimum Gasteiger partial charge on any atom is -0.467 e. The first kappa shape index (κ1) is 17.1. The molecule has 2 N–H and O–H groups in total. The summed E-state index contributed by atoms with van der Waals surface area (Å²) in [5, 5.41) is 13.5.